The molecule has 0 aromatic rings. The molecule has 4 nitrogen and oxygen atoms in total. The van der Waals surface area contributed by atoms with Crippen molar-refractivity contribution in [3.05, 3.63) is 0 Å². The molecule has 0 aromatic heterocycles. The summed E-state index contributed by atoms with van der Waals surface area (Å²) in [5, 5.41) is 11.3. The third-order valence-corrected chi connectivity index (χ3v) is 2.45. The number of carbonyl (C=O) groups is 2. The van der Waals surface area contributed by atoms with Crippen molar-refractivity contribution in [3.8, 4) is 0 Å². The van der Waals surface area contributed by atoms with E-state index in [0.29, 0.717) is 0 Å². The molecule has 0 spiro atoms. The molecule has 0 heterocycles. The summed E-state index contributed by atoms with van der Waals surface area (Å²) in [7, 11) is 0. The number of carboxylic acid groups (broad SMARTS) is 1. The zero-order valence-corrected chi connectivity index (χ0v) is 7.42. The maximum absolute atomic E-state index is 10.6. The van der Waals surface area contributed by atoms with Crippen LogP contribution in [-0.4, -0.2) is 23.0 Å². The van der Waals surface area contributed by atoms with E-state index in [-0.39, 0.29) is 17.4 Å². The average Bonchev–Trinajstić information content (AvgIpc) is 2.32. The molecule has 1 aliphatic rings. The van der Waals surface area contributed by atoms with E-state index < -0.39 is 11.9 Å². The van der Waals surface area contributed by atoms with Crippen molar-refractivity contribution in [3.63, 3.8) is 0 Å². The van der Waals surface area contributed by atoms with Crippen LogP contribution in [0.1, 0.15) is 20.8 Å². The highest BCUT2D eigenvalue weighted by molar-refractivity contribution is 5.80. The van der Waals surface area contributed by atoms with E-state index in [9.17, 15) is 9.59 Å². The molecule has 1 fully saturated rings. The van der Waals surface area contributed by atoms with Gasteiger partial charge in [0, 0.05) is 18.4 Å². The van der Waals surface area contributed by atoms with Gasteiger partial charge in [-0.15, -0.1) is 0 Å². The van der Waals surface area contributed by atoms with Gasteiger partial charge in [-0.25, -0.2) is 0 Å². The molecule has 0 aliphatic heterocycles. The van der Waals surface area contributed by atoms with Gasteiger partial charge >= 0.3 is 5.97 Å². The lowest BCUT2D eigenvalue weighted by atomic mass is 10.1. The number of carboxylic acids is 1. The summed E-state index contributed by atoms with van der Waals surface area (Å²) < 4.78 is 0. The van der Waals surface area contributed by atoms with E-state index in [2.05, 4.69) is 5.32 Å². The normalized spacial score (nSPS) is 30.9. The van der Waals surface area contributed by atoms with E-state index in [1.54, 1.807) is 0 Å². The van der Waals surface area contributed by atoms with Crippen LogP contribution in [0.4, 0.5) is 0 Å². The third-order valence-electron chi connectivity index (χ3n) is 2.45. The molecule has 0 bridgehead atoms. The van der Waals surface area contributed by atoms with Crippen LogP contribution in [0.25, 0.3) is 0 Å². The van der Waals surface area contributed by atoms with Crippen LogP contribution < -0.4 is 5.32 Å². The van der Waals surface area contributed by atoms with Gasteiger partial charge in [0.1, 0.15) is 0 Å². The van der Waals surface area contributed by atoms with Crippen molar-refractivity contribution in [1.82, 2.24) is 5.32 Å². The lowest BCUT2D eigenvalue weighted by molar-refractivity contribution is -0.139. The molecule has 0 saturated heterocycles. The Morgan fingerprint density at radius 3 is 2.17 bits per heavy atom. The number of aliphatic carboxylic acids is 1. The number of carbonyl (C=O) groups excluding carboxylic acids is 1. The van der Waals surface area contributed by atoms with Crippen LogP contribution in [-0.2, 0) is 9.59 Å². The first-order valence-corrected chi connectivity index (χ1v) is 3.87. The summed E-state index contributed by atoms with van der Waals surface area (Å²) in [6, 6.07) is -0.201. The van der Waals surface area contributed by atoms with E-state index in [0.717, 1.165) is 0 Å². The Balaban J connectivity index is 2.60. The van der Waals surface area contributed by atoms with Crippen molar-refractivity contribution in [2.45, 2.75) is 26.8 Å². The van der Waals surface area contributed by atoms with Crippen molar-refractivity contribution < 1.29 is 14.7 Å². The fourth-order valence-corrected chi connectivity index (χ4v) is 1.59. The molecular formula is C8H13NO3. The number of amides is 1. The Kier molecular flexibility index (Phi) is 1.86. The van der Waals surface area contributed by atoms with Crippen LogP contribution >= 0.6 is 0 Å². The van der Waals surface area contributed by atoms with E-state index in [4.69, 9.17) is 5.11 Å². The fourth-order valence-electron chi connectivity index (χ4n) is 1.59. The predicted molar refractivity (Wildman–Crippen MR) is 42.5 cm³/mol. The van der Waals surface area contributed by atoms with E-state index >= 15 is 0 Å². The van der Waals surface area contributed by atoms with Gasteiger partial charge in [-0.3, -0.25) is 9.59 Å². The van der Waals surface area contributed by atoms with Crippen LogP contribution in [0, 0.1) is 11.3 Å². The second kappa shape index (κ2) is 2.47. The Labute approximate surface area is 71.0 Å². The van der Waals surface area contributed by atoms with Gasteiger partial charge in [0.2, 0.25) is 5.91 Å². The SMILES string of the molecule is CC(=O)N[C@@H]1[C@H](C(=O)O)C1(C)C. The topological polar surface area (TPSA) is 66.4 Å². The van der Waals surface area contributed by atoms with Gasteiger partial charge < -0.3 is 10.4 Å². The van der Waals surface area contributed by atoms with E-state index in [1.807, 2.05) is 13.8 Å². The summed E-state index contributed by atoms with van der Waals surface area (Å²) in [6.07, 6.45) is 0. The van der Waals surface area contributed by atoms with Crippen molar-refractivity contribution in [2.75, 3.05) is 0 Å². The Morgan fingerprint density at radius 1 is 1.42 bits per heavy atom. The van der Waals surface area contributed by atoms with Gasteiger partial charge in [0.05, 0.1) is 5.92 Å². The molecule has 68 valence electrons. The maximum atomic E-state index is 10.6. The molecule has 2 atom stereocenters. The molecule has 1 aliphatic carbocycles. The van der Waals surface area contributed by atoms with Crippen LogP contribution in [0.15, 0.2) is 0 Å². The fraction of sp³-hybridized carbons (Fsp3) is 0.750. The first kappa shape index (κ1) is 9.03. The number of rotatable bonds is 2. The van der Waals surface area contributed by atoms with Crippen molar-refractivity contribution in [1.29, 1.82) is 0 Å². The Morgan fingerprint density at radius 2 is 1.92 bits per heavy atom. The minimum absolute atomic E-state index is 0.170. The Bertz CT molecular complexity index is 234. The number of nitrogens with one attached hydrogen (secondary N) is 1. The van der Waals surface area contributed by atoms with E-state index in [1.165, 1.54) is 6.92 Å². The van der Waals surface area contributed by atoms with Gasteiger partial charge in [-0.1, -0.05) is 13.8 Å². The molecule has 1 rings (SSSR count). The lowest BCUT2D eigenvalue weighted by Crippen LogP contribution is -2.26. The largest absolute Gasteiger partial charge is 0.481 e. The van der Waals surface area contributed by atoms with Crippen LogP contribution in [0.5, 0.6) is 0 Å². The quantitative estimate of drug-likeness (QED) is 0.625. The summed E-state index contributed by atoms with van der Waals surface area (Å²) in [4.78, 5) is 21.3. The van der Waals surface area contributed by atoms with Gasteiger partial charge in [-0.2, -0.15) is 0 Å². The second-order valence-corrected chi connectivity index (χ2v) is 3.82. The molecule has 0 radical (unpaired) electrons. The standard InChI is InChI=1S/C8H13NO3/c1-4(10)9-6-5(7(11)12)8(6,2)3/h5-6H,1-3H3,(H,9,10)(H,11,12)/t5-,6-/m1/s1. The van der Waals surface area contributed by atoms with Gasteiger partial charge in [-0.05, 0) is 0 Å². The smallest absolute Gasteiger partial charge is 0.309 e. The lowest BCUT2D eigenvalue weighted by Gasteiger charge is -2.01. The van der Waals surface area contributed by atoms with Crippen molar-refractivity contribution in [2.24, 2.45) is 11.3 Å². The molecule has 4 heteroatoms. The number of hydrogen-bond donors (Lipinski definition) is 2. The first-order valence-electron chi connectivity index (χ1n) is 3.87. The summed E-state index contributed by atoms with van der Waals surface area (Å²) in [5.41, 5.74) is -0.294. The predicted octanol–water partition coefficient (Wildman–Crippen LogP) is 0.232. The zero-order valence-electron chi connectivity index (χ0n) is 7.42. The zero-order chi connectivity index (χ0) is 9.52. The van der Waals surface area contributed by atoms with Gasteiger partial charge in [0.15, 0.2) is 0 Å². The molecule has 12 heavy (non-hydrogen) atoms. The first-order chi connectivity index (χ1) is 5.37. The second-order valence-electron chi connectivity index (χ2n) is 3.82. The molecule has 0 aromatic carbocycles. The highest BCUT2D eigenvalue weighted by atomic mass is 16.4. The molecular weight excluding hydrogens is 158 g/mol. The maximum Gasteiger partial charge on any atom is 0.309 e. The molecule has 1 amide bonds. The van der Waals surface area contributed by atoms with Gasteiger partial charge in [0.25, 0.3) is 0 Å². The highest BCUT2D eigenvalue weighted by Gasteiger charge is 2.62. The molecule has 2 N–H and O–H groups in total. The highest BCUT2D eigenvalue weighted by Crippen LogP contribution is 2.51. The number of hydrogen-bond acceptors (Lipinski definition) is 2. The Hall–Kier alpha value is -1.06. The van der Waals surface area contributed by atoms with Crippen LogP contribution in [0.2, 0.25) is 0 Å². The monoisotopic (exact) mass is 171 g/mol. The third kappa shape index (κ3) is 1.29. The minimum Gasteiger partial charge on any atom is -0.481 e. The molecule has 1 saturated carbocycles. The van der Waals surface area contributed by atoms with Crippen molar-refractivity contribution >= 4 is 11.9 Å². The molecule has 0 unspecified atom stereocenters. The van der Waals surface area contributed by atoms with Crippen LogP contribution in [0.3, 0.4) is 0 Å². The summed E-state index contributed by atoms with van der Waals surface area (Å²) in [5.74, 6) is -1.43. The minimum atomic E-state index is -0.834. The summed E-state index contributed by atoms with van der Waals surface area (Å²) in [6.45, 7) is 5.08. The average molecular weight is 171 g/mol. The summed E-state index contributed by atoms with van der Waals surface area (Å²) >= 11 is 0.